The molecule has 0 aliphatic rings. The van der Waals surface area contributed by atoms with Crippen LogP contribution >= 0.6 is 24.8 Å². The highest BCUT2D eigenvalue weighted by atomic mass is 35.5. The Labute approximate surface area is 153 Å². The van der Waals surface area contributed by atoms with Crippen molar-refractivity contribution in [2.24, 2.45) is 0 Å². The van der Waals surface area contributed by atoms with E-state index in [1.54, 1.807) is 18.2 Å². The van der Waals surface area contributed by atoms with Gasteiger partial charge < -0.3 is 15.1 Å². The van der Waals surface area contributed by atoms with Crippen LogP contribution in [0.1, 0.15) is 19.2 Å². The van der Waals surface area contributed by atoms with Gasteiger partial charge in [0.1, 0.15) is 5.82 Å². The highest BCUT2D eigenvalue weighted by Gasteiger charge is 2.12. The van der Waals surface area contributed by atoms with Gasteiger partial charge in [-0.1, -0.05) is 12.1 Å². The van der Waals surface area contributed by atoms with Crippen LogP contribution in [-0.2, 0) is 11.2 Å². The summed E-state index contributed by atoms with van der Waals surface area (Å²) in [6.07, 6.45) is 2.15. The molecule has 24 heavy (non-hydrogen) atoms. The number of oxazole rings is 1. The van der Waals surface area contributed by atoms with Crippen LogP contribution in [0.2, 0.25) is 0 Å². The maximum atomic E-state index is 13.7. The Bertz CT molecular complexity index is 637. The van der Waals surface area contributed by atoms with Crippen molar-refractivity contribution in [3.63, 3.8) is 0 Å². The molecule has 134 valence electrons. The van der Waals surface area contributed by atoms with Crippen LogP contribution in [0.5, 0.6) is 0 Å². The summed E-state index contributed by atoms with van der Waals surface area (Å²) in [7, 11) is 1.84. The molecular formula is C16H22Cl2FN3O2. The van der Waals surface area contributed by atoms with Crippen molar-refractivity contribution in [2.75, 3.05) is 13.6 Å². The number of aromatic nitrogens is 1. The quantitative estimate of drug-likeness (QED) is 0.778. The molecule has 1 aromatic heterocycles. The molecule has 1 heterocycles. The standard InChI is InChI=1S/C16H20FN3O2.2ClH/c1-11(18-2)9-19-15(21)7-8-16-20-10-14(22-16)12-5-3-4-6-13(12)17;;/h3-6,10-11,18H,7-9H2,1-2H3,(H,19,21);2*1H. The van der Waals surface area contributed by atoms with Gasteiger partial charge in [-0.25, -0.2) is 9.37 Å². The third-order valence-corrected chi connectivity index (χ3v) is 3.36. The monoisotopic (exact) mass is 377 g/mol. The van der Waals surface area contributed by atoms with Crippen LogP contribution in [0.4, 0.5) is 4.39 Å². The maximum absolute atomic E-state index is 13.7. The minimum Gasteiger partial charge on any atom is -0.441 e. The van der Waals surface area contributed by atoms with Gasteiger partial charge in [0.15, 0.2) is 11.7 Å². The Morgan fingerprint density at radius 3 is 2.71 bits per heavy atom. The molecule has 0 aliphatic heterocycles. The average molecular weight is 378 g/mol. The van der Waals surface area contributed by atoms with Crippen LogP contribution in [0.3, 0.4) is 0 Å². The van der Waals surface area contributed by atoms with E-state index in [1.165, 1.54) is 12.3 Å². The lowest BCUT2D eigenvalue weighted by molar-refractivity contribution is -0.121. The molecule has 1 aromatic carbocycles. The number of hydrogen-bond acceptors (Lipinski definition) is 4. The van der Waals surface area contributed by atoms with Crippen molar-refractivity contribution in [2.45, 2.75) is 25.8 Å². The number of rotatable bonds is 7. The van der Waals surface area contributed by atoms with Gasteiger partial charge in [-0.15, -0.1) is 24.8 Å². The predicted octanol–water partition coefficient (Wildman–Crippen LogP) is 2.98. The van der Waals surface area contributed by atoms with E-state index in [0.29, 0.717) is 30.2 Å². The second-order valence-corrected chi connectivity index (χ2v) is 5.09. The Morgan fingerprint density at radius 2 is 2.04 bits per heavy atom. The first-order valence-electron chi connectivity index (χ1n) is 7.23. The van der Waals surface area contributed by atoms with Crippen LogP contribution < -0.4 is 10.6 Å². The summed E-state index contributed by atoms with van der Waals surface area (Å²) in [5.41, 5.74) is 0.369. The van der Waals surface area contributed by atoms with E-state index in [4.69, 9.17) is 4.42 Å². The fraction of sp³-hybridized carbons (Fsp3) is 0.375. The zero-order valence-corrected chi connectivity index (χ0v) is 15.2. The fourth-order valence-corrected chi connectivity index (χ4v) is 1.89. The van der Waals surface area contributed by atoms with E-state index in [9.17, 15) is 9.18 Å². The molecule has 2 N–H and O–H groups in total. The summed E-state index contributed by atoms with van der Waals surface area (Å²) in [6, 6.07) is 6.57. The Balaban J connectivity index is 0.00000264. The van der Waals surface area contributed by atoms with Gasteiger partial charge in [-0.2, -0.15) is 0 Å². The number of carbonyl (C=O) groups excluding carboxylic acids is 1. The Kier molecular flexibility index (Phi) is 10.3. The number of carbonyl (C=O) groups is 1. The zero-order valence-electron chi connectivity index (χ0n) is 13.5. The van der Waals surface area contributed by atoms with E-state index in [2.05, 4.69) is 15.6 Å². The molecule has 1 atom stereocenters. The third kappa shape index (κ3) is 6.47. The van der Waals surface area contributed by atoms with Crippen LogP contribution in [-0.4, -0.2) is 30.5 Å². The van der Waals surface area contributed by atoms with Crippen LogP contribution in [0.15, 0.2) is 34.9 Å². The molecule has 0 saturated carbocycles. The molecule has 1 amide bonds. The van der Waals surface area contributed by atoms with Gasteiger partial charge >= 0.3 is 0 Å². The lowest BCUT2D eigenvalue weighted by Gasteiger charge is -2.10. The lowest BCUT2D eigenvalue weighted by atomic mass is 10.2. The summed E-state index contributed by atoms with van der Waals surface area (Å²) in [4.78, 5) is 15.8. The van der Waals surface area contributed by atoms with E-state index < -0.39 is 0 Å². The Morgan fingerprint density at radius 1 is 1.33 bits per heavy atom. The number of hydrogen-bond donors (Lipinski definition) is 2. The first-order chi connectivity index (χ1) is 10.6. The van der Waals surface area contributed by atoms with Crippen molar-refractivity contribution in [1.29, 1.82) is 0 Å². The van der Waals surface area contributed by atoms with E-state index in [1.807, 2.05) is 14.0 Å². The molecule has 8 heteroatoms. The number of amides is 1. The summed E-state index contributed by atoms with van der Waals surface area (Å²) in [5, 5.41) is 5.86. The van der Waals surface area contributed by atoms with E-state index in [-0.39, 0.29) is 49.0 Å². The molecule has 2 aromatic rings. The molecule has 0 radical (unpaired) electrons. The van der Waals surface area contributed by atoms with Gasteiger partial charge in [-0.05, 0) is 26.1 Å². The summed E-state index contributed by atoms with van der Waals surface area (Å²) in [5.74, 6) is 0.379. The summed E-state index contributed by atoms with van der Waals surface area (Å²) >= 11 is 0. The predicted molar refractivity (Wildman–Crippen MR) is 96.2 cm³/mol. The van der Waals surface area contributed by atoms with Gasteiger partial charge in [0.05, 0.1) is 11.8 Å². The topological polar surface area (TPSA) is 67.2 Å². The van der Waals surface area contributed by atoms with Crippen molar-refractivity contribution in [3.8, 4) is 11.3 Å². The minimum atomic E-state index is -0.357. The van der Waals surface area contributed by atoms with Crippen molar-refractivity contribution >= 4 is 30.7 Å². The summed E-state index contributed by atoms with van der Waals surface area (Å²) in [6.45, 7) is 2.55. The van der Waals surface area contributed by atoms with Gasteiger partial charge in [-0.3, -0.25) is 4.79 Å². The van der Waals surface area contributed by atoms with Gasteiger partial charge in [0.25, 0.3) is 0 Å². The number of nitrogens with zero attached hydrogens (tertiary/aromatic N) is 1. The second-order valence-electron chi connectivity index (χ2n) is 5.09. The Hall–Kier alpha value is -1.63. The smallest absolute Gasteiger partial charge is 0.220 e. The average Bonchev–Trinajstić information content (AvgIpc) is 2.99. The number of nitrogens with one attached hydrogen (secondary N) is 2. The van der Waals surface area contributed by atoms with Crippen molar-refractivity contribution in [3.05, 3.63) is 42.2 Å². The highest BCUT2D eigenvalue weighted by Crippen LogP contribution is 2.23. The summed E-state index contributed by atoms with van der Waals surface area (Å²) < 4.78 is 19.2. The minimum absolute atomic E-state index is 0. The first kappa shape index (κ1) is 22.4. The van der Waals surface area contributed by atoms with Gasteiger partial charge in [0, 0.05) is 25.4 Å². The molecular weight excluding hydrogens is 356 g/mol. The normalized spacial score (nSPS) is 11.1. The molecule has 0 bridgehead atoms. The third-order valence-electron chi connectivity index (χ3n) is 3.36. The van der Waals surface area contributed by atoms with E-state index >= 15 is 0 Å². The second kappa shape index (κ2) is 11.0. The number of aryl methyl sites for hydroxylation is 1. The zero-order chi connectivity index (χ0) is 15.9. The van der Waals surface area contributed by atoms with Gasteiger partial charge in [0.2, 0.25) is 5.91 Å². The van der Waals surface area contributed by atoms with Crippen molar-refractivity contribution in [1.82, 2.24) is 15.6 Å². The molecule has 1 unspecified atom stereocenters. The SMILES string of the molecule is CNC(C)CNC(=O)CCc1ncc(-c2ccccc2F)o1.Cl.Cl. The number of halogens is 3. The number of benzene rings is 1. The highest BCUT2D eigenvalue weighted by molar-refractivity contribution is 5.85. The van der Waals surface area contributed by atoms with Crippen molar-refractivity contribution < 1.29 is 13.6 Å². The maximum Gasteiger partial charge on any atom is 0.220 e. The molecule has 0 saturated heterocycles. The molecule has 0 aliphatic carbocycles. The fourth-order valence-electron chi connectivity index (χ4n) is 1.89. The molecule has 2 rings (SSSR count). The largest absolute Gasteiger partial charge is 0.441 e. The van der Waals surface area contributed by atoms with E-state index in [0.717, 1.165) is 0 Å². The van der Waals surface area contributed by atoms with Crippen LogP contribution in [0.25, 0.3) is 11.3 Å². The van der Waals surface area contributed by atoms with Crippen LogP contribution in [0, 0.1) is 5.82 Å². The lowest BCUT2D eigenvalue weighted by Crippen LogP contribution is -2.37. The number of likely N-dealkylation sites (N-methyl/N-ethyl adjacent to an activating group) is 1. The molecule has 0 fully saturated rings. The molecule has 5 nitrogen and oxygen atoms in total. The molecule has 0 spiro atoms. The first-order valence-corrected chi connectivity index (χ1v) is 7.23.